The molecular weight excluding hydrogens is 355 g/mol. The highest BCUT2D eigenvalue weighted by Gasteiger charge is 2.28. The molecule has 136 valence electrons. The first-order valence-electron chi connectivity index (χ1n) is 8.43. The third-order valence-electron chi connectivity index (χ3n) is 4.66. The van der Waals surface area contributed by atoms with E-state index in [1.54, 1.807) is 0 Å². The molecular formula is C18H19FN4O2S. The van der Waals surface area contributed by atoms with Gasteiger partial charge in [-0.25, -0.2) is 17.8 Å². The zero-order valence-corrected chi connectivity index (χ0v) is 14.9. The van der Waals surface area contributed by atoms with E-state index in [1.165, 1.54) is 28.6 Å². The van der Waals surface area contributed by atoms with Gasteiger partial charge in [0.2, 0.25) is 10.0 Å². The summed E-state index contributed by atoms with van der Waals surface area (Å²) in [5, 5.41) is 0. The van der Waals surface area contributed by atoms with Gasteiger partial charge in [0.15, 0.2) is 0 Å². The Hall–Kier alpha value is -2.29. The van der Waals surface area contributed by atoms with Gasteiger partial charge in [-0.3, -0.25) is 4.90 Å². The summed E-state index contributed by atoms with van der Waals surface area (Å²) in [4.78, 5) is 6.73. The Morgan fingerprint density at radius 3 is 2.46 bits per heavy atom. The van der Waals surface area contributed by atoms with Crippen LogP contribution >= 0.6 is 0 Å². The van der Waals surface area contributed by atoms with E-state index in [4.69, 9.17) is 0 Å². The minimum Gasteiger partial charge on any atom is -0.303 e. The summed E-state index contributed by atoms with van der Waals surface area (Å²) < 4.78 is 41.9. The molecule has 0 spiro atoms. The number of nitrogens with zero attached hydrogens (tertiary/aromatic N) is 4. The van der Waals surface area contributed by atoms with Crippen molar-refractivity contribution in [2.75, 3.05) is 26.2 Å². The van der Waals surface area contributed by atoms with Crippen molar-refractivity contribution in [3.8, 4) is 0 Å². The van der Waals surface area contributed by atoms with E-state index >= 15 is 0 Å². The topological polar surface area (TPSA) is 57.9 Å². The van der Waals surface area contributed by atoms with E-state index in [2.05, 4.69) is 9.88 Å². The third kappa shape index (κ3) is 3.23. The Labute approximate surface area is 151 Å². The molecule has 0 unspecified atom stereocenters. The smallest absolute Gasteiger partial charge is 0.243 e. The molecule has 4 rings (SSSR count). The van der Waals surface area contributed by atoms with Gasteiger partial charge in [-0.2, -0.15) is 4.31 Å². The van der Waals surface area contributed by atoms with E-state index in [0.717, 1.165) is 17.9 Å². The SMILES string of the molecule is O=S(=O)(c1ccc(F)cc1)N1CCN(Cc2cnc3ccccn23)CC1. The maximum Gasteiger partial charge on any atom is 0.243 e. The molecule has 0 atom stereocenters. The van der Waals surface area contributed by atoms with Gasteiger partial charge >= 0.3 is 0 Å². The van der Waals surface area contributed by atoms with E-state index in [1.807, 2.05) is 35.0 Å². The molecule has 0 N–H and O–H groups in total. The van der Waals surface area contributed by atoms with Gasteiger partial charge in [0.25, 0.3) is 0 Å². The Kier molecular flexibility index (Phi) is 4.47. The number of rotatable bonds is 4. The Morgan fingerprint density at radius 2 is 1.73 bits per heavy atom. The van der Waals surface area contributed by atoms with Crippen LogP contribution in [-0.4, -0.2) is 53.2 Å². The number of hydrogen-bond acceptors (Lipinski definition) is 4. The summed E-state index contributed by atoms with van der Waals surface area (Å²) in [6, 6.07) is 10.8. The molecule has 1 aliphatic heterocycles. The maximum absolute atomic E-state index is 13.0. The van der Waals surface area contributed by atoms with Crippen LogP contribution in [0.15, 0.2) is 59.8 Å². The quantitative estimate of drug-likeness (QED) is 0.701. The van der Waals surface area contributed by atoms with Gasteiger partial charge in [-0.05, 0) is 36.4 Å². The molecule has 0 radical (unpaired) electrons. The van der Waals surface area contributed by atoms with Crippen molar-refractivity contribution in [3.05, 3.63) is 66.4 Å². The lowest BCUT2D eigenvalue weighted by Gasteiger charge is -2.33. The molecule has 26 heavy (non-hydrogen) atoms. The minimum atomic E-state index is -3.58. The number of piperazine rings is 1. The second-order valence-electron chi connectivity index (χ2n) is 6.31. The van der Waals surface area contributed by atoms with Crippen LogP contribution in [0.25, 0.3) is 5.65 Å². The standard InChI is InChI=1S/C18H19FN4O2S/c19-15-4-6-17(7-5-15)26(24,25)22-11-9-21(10-12-22)14-16-13-20-18-3-1-2-8-23(16)18/h1-8,13H,9-12,14H2. The summed E-state index contributed by atoms with van der Waals surface area (Å²) >= 11 is 0. The summed E-state index contributed by atoms with van der Waals surface area (Å²) in [6.45, 7) is 2.82. The molecule has 2 aromatic heterocycles. The van der Waals surface area contributed by atoms with Gasteiger partial charge in [-0.1, -0.05) is 6.07 Å². The first-order chi connectivity index (χ1) is 12.5. The van der Waals surface area contributed by atoms with Gasteiger partial charge in [0.1, 0.15) is 11.5 Å². The fourth-order valence-corrected chi connectivity index (χ4v) is 4.64. The second kappa shape index (κ2) is 6.79. The number of halogens is 1. The lowest BCUT2D eigenvalue weighted by molar-refractivity contribution is 0.179. The number of hydrogen-bond donors (Lipinski definition) is 0. The minimum absolute atomic E-state index is 0.133. The Balaban J connectivity index is 1.43. The number of benzene rings is 1. The normalized spacial score (nSPS) is 17.0. The molecule has 0 aliphatic carbocycles. The average Bonchev–Trinajstić information content (AvgIpc) is 3.06. The zero-order valence-electron chi connectivity index (χ0n) is 14.1. The average molecular weight is 374 g/mol. The summed E-state index contributed by atoms with van der Waals surface area (Å²) in [5.41, 5.74) is 1.98. The van der Waals surface area contributed by atoms with Gasteiger partial charge < -0.3 is 4.40 Å². The molecule has 3 aromatic rings. The Morgan fingerprint density at radius 1 is 1.00 bits per heavy atom. The zero-order chi connectivity index (χ0) is 18.1. The predicted octanol–water partition coefficient (Wildman–Crippen LogP) is 1.98. The summed E-state index contributed by atoms with van der Waals surface area (Å²) in [7, 11) is -3.58. The first kappa shape index (κ1) is 17.1. The Bertz CT molecular complexity index is 1010. The largest absolute Gasteiger partial charge is 0.303 e. The van der Waals surface area contributed by atoms with Crippen LogP contribution in [0.1, 0.15) is 5.69 Å². The van der Waals surface area contributed by atoms with Crippen LogP contribution in [0.3, 0.4) is 0 Å². The maximum atomic E-state index is 13.0. The number of fused-ring (bicyclic) bond motifs is 1. The molecule has 0 saturated carbocycles. The van der Waals surface area contributed by atoms with Crippen molar-refractivity contribution < 1.29 is 12.8 Å². The van der Waals surface area contributed by atoms with E-state index in [-0.39, 0.29) is 4.90 Å². The number of aromatic nitrogens is 2. The van der Waals surface area contributed by atoms with Crippen LogP contribution in [0.4, 0.5) is 4.39 Å². The molecule has 3 heterocycles. The van der Waals surface area contributed by atoms with Crippen LogP contribution < -0.4 is 0 Å². The highest BCUT2D eigenvalue weighted by atomic mass is 32.2. The van der Waals surface area contributed by atoms with Crippen LogP contribution in [0.2, 0.25) is 0 Å². The molecule has 8 heteroatoms. The molecule has 1 aliphatic rings. The fourth-order valence-electron chi connectivity index (χ4n) is 3.21. The van der Waals surface area contributed by atoms with Crippen LogP contribution in [0.5, 0.6) is 0 Å². The molecule has 1 saturated heterocycles. The van der Waals surface area contributed by atoms with E-state index in [9.17, 15) is 12.8 Å². The fraction of sp³-hybridized carbons (Fsp3) is 0.278. The number of imidazole rings is 1. The lowest BCUT2D eigenvalue weighted by Crippen LogP contribution is -2.48. The van der Waals surface area contributed by atoms with E-state index in [0.29, 0.717) is 26.2 Å². The number of sulfonamides is 1. The van der Waals surface area contributed by atoms with E-state index < -0.39 is 15.8 Å². The van der Waals surface area contributed by atoms with Gasteiger partial charge in [-0.15, -0.1) is 0 Å². The second-order valence-corrected chi connectivity index (χ2v) is 8.25. The highest BCUT2D eigenvalue weighted by Crippen LogP contribution is 2.19. The molecule has 0 amide bonds. The third-order valence-corrected chi connectivity index (χ3v) is 6.57. The summed E-state index contributed by atoms with van der Waals surface area (Å²) in [6.07, 6.45) is 3.84. The van der Waals surface area contributed by atoms with Crippen LogP contribution in [-0.2, 0) is 16.6 Å². The monoisotopic (exact) mass is 374 g/mol. The molecule has 0 bridgehead atoms. The molecule has 1 fully saturated rings. The van der Waals surface area contributed by atoms with Crippen molar-refractivity contribution in [2.45, 2.75) is 11.4 Å². The predicted molar refractivity (Wildman–Crippen MR) is 95.6 cm³/mol. The van der Waals surface area contributed by atoms with Crippen molar-refractivity contribution in [3.63, 3.8) is 0 Å². The van der Waals surface area contributed by atoms with Crippen molar-refractivity contribution in [1.82, 2.24) is 18.6 Å². The van der Waals surface area contributed by atoms with Crippen molar-refractivity contribution in [2.24, 2.45) is 0 Å². The lowest BCUT2D eigenvalue weighted by atomic mass is 10.3. The molecule has 6 nitrogen and oxygen atoms in total. The summed E-state index contributed by atoms with van der Waals surface area (Å²) in [5.74, 6) is -0.443. The van der Waals surface area contributed by atoms with Gasteiger partial charge in [0, 0.05) is 38.9 Å². The molecule has 1 aromatic carbocycles. The van der Waals surface area contributed by atoms with Crippen molar-refractivity contribution in [1.29, 1.82) is 0 Å². The van der Waals surface area contributed by atoms with Crippen LogP contribution in [0, 0.1) is 5.82 Å². The van der Waals surface area contributed by atoms with Crippen molar-refractivity contribution >= 4 is 15.7 Å². The number of pyridine rings is 1. The highest BCUT2D eigenvalue weighted by molar-refractivity contribution is 7.89. The first-order valence-corrected chi connectivity index (χ1v) is 9.87. The van der Waals surface area contributed by atoms with Gasteiger partial charge in [0.05, 0.1) is 16.8 Å².